The highest BCUT2D eigenvalue weighted by Crippen LogP contribution is 2.15. The minimum Gasteiger partial charge on any atom is -0.481 e. The topological polar surface area (TPSA) is 66.6 Å². The van der Waals surface area contributed by atoms with Crippen molar-refractivity contribution in [1.82, 2.24) is 0 Å². The summed E-state index contributed by atoms with van der Waals surface area (Å²) in [5, 5.41) is 8.89. The molecule has 0 bridgehead atoms. The number of carboxylic acid groups (broad SMARTS) is 1. The van der Waals surface area contributed by atoms with E-state index in [2.05, 4.69) is 0 Å². The molecule has 0 aliphatic heterocycles. The van der Waals surface area contributed by atoms with Crippen LogP contribution in [-0.4, -0.2) is 31.7 Å². The van der Waals surface area contributed by atoms with Gasteiger partial charge in [0, 0.05) is 26.3 Å². The molecule has 0 spiro atoms. The maximum atomic E-state index is 10.8. The highest BCUT2D eigenvalue weighted by molar-refractivity contribution is 5.85. The van der Waals surface area contributed by atoms with Crippen molar-refractivity contribution in [3.63, 3.8) is 0 Å². The molecule has 0 radical (unpaired) electrons. The molecule has 0 saturated heterocycles. The maximum absolute atomic E-state index is 10.8. The van der Waals surface area contributed by atoms with Crippen molar-refractivity contribution in [3.05, 3.63) is 29.8 Å². The molecule has 1 atom stereocenters. The predicted molar refractivity (Wildman–Crippen MR) is 71.9 cm³/mol. The first-order valence-corrected chi connectivity index (χ1v) is 5.23. The molecule has 0 amide bonds. The van der Waals surface area contributed by atoms with E-state index in [9.17, 15) is 4.79 Å². The van der Waals surface area contributed by atoms with Crippen LogP contribution < -0.4 is 10.6 Å². The summed E-state index contributed by atoms with van der Waals surface area (Å²) in [5.41, 5.74) is 7.51. The van der Waals surface area contributed by atoms with E-state index in [-0.39, 0.29) is 19.0 Å². The van der Waals surface area contributed by atoms with Crippen LogP contribution in [0, 0.1) is 5.92 Å². The molecule has 4 nitrogen and oxygen atoms in total. The third kappa shape index (κ3) is 4.63. The van der Waals surface area contributed by atoms with Crippen LogP contribution in [0.1, 0.15) is 5.56 Å². The molecule has 0 saturated carbocycles. The van der Waals surface area contributed by atoms with Gasteiger partial charge in [-0.25, -0.2) is 0 Å². The molecular formula is C12H19ClN2O2. The third-order valence-electron chi connectivity index (χ3n) is 2.57. The number of nitrogens with zero attached hydrogens (tertiary/aromatic N) is 1. The van der Waals surface area contributed by atoms with Gasteiger partial charge in [0.2, 0.25) is 0 Å². The fraction of sp³-hybridized carbons (Fsp3) is 0.417. The zero-order valence-electron chi connectivity index (χ0n) is 10.1. The van der Waals surface area contributed by atoms with Gasteiger partial charge in [0.05, 0.1) is 5.92 Å². The van der Waals surface area contributed by atoms with Crippen LogP contribution in [0.5, 0.6) is 0 Å². The molecule has 3 N–H and O–H groups in total. The number of rotatable bonds is 5. The number of hydrogen-bond acceptors (Lipinski definition) is 3. The summed E-state index contributed by atoms with van der Waals surface area (Å²) in [6, 6.07) is 7.84. The Morgan fingerprint density at radius 2 is 1.88 bits per heavy atom. The molecule has 0 unspecified atom stereocenters. The molecule has 0 fully saturated rings. The molecule has 96 valence electrons. The van der Waals surface area contributed by atoms with E-state index in [1.807, 2.05) is 43.3 Å². The lowest BCUT2D eigenvalue weighted by Crippen LogP contribution is -2.25. The van der Waals surface area contributed by atoms with Crippen LogP contribution in [0.4, 0.5) is 5.69 Å². The SMILES string of the molecule is CN(C)c1ccc(C[C@H](CN)C(=O)O)cc1.Cl. The number of aliphatic carboxylic acids is 1. The summed E-state index contributed by atoms with van der Waals surface area (Å²) >= 11 is 0. The van der Waals surface area contributed by atoms with E-state index in [0.717, 1.165) is 11.3 Å². The predicted octanol–water partition coefficient (Wildman–Crippen LogP) is 1.38. The third-order valence-corrected chi connectivity index (χ3v) is 2.57. The lowest BCUT2D eigenvalue weighted by atomic mass is 9.99. The van der Waals surface area contributed by atoms with E-state index in [4.69, 9.17) is 10.8 Å². The molecule has 1 aromatic rings. The Kier molecular flexibility index (Phi) is 6.61. The number of carbonyl (C=O) groups is 1. The fourth-order valence-electron chi connectivity index (χ4n) is 1.49. The molecule has 5 heteroatoms. The summed E-state index contributed by atoms with van der Waals surface area (Å²) < 4.78 is 0. The van der Waals surface area contributed by atoms with E-state index in [0.29, 0.717) is 6.42 Å². The molecule has 0 aromatic heterocycles. The highest BCUT2D eigenvalue weighted by atomic mass is 35.5. The second kappa shape index (κ2) is 7.14. The summed E-state index contributed by atoms with van der Waals surface area (Å²) in [7, 11) is 3.93. The quantitative estimate of drug-likeness (QED) is 0.837. The van der Waals surface area contributed by atoms with Gasteiger partial charge < -0.3 is 15.7 Å². The average Bonchev–Trinajstić information content (AvgIpc) is 2.26. The minimum atomic E-state index is -0.834. The highest BCUT2D eigenvalue weighted by Gasteiger charge is 2.15. The van der Waals surface area contributed by atoms with Crippen molar-refractivity contribution in [1.29, 1.82) is 0 Å². The number of nitrogens with two attached hydrogens (primary N) is 1. The van der Waals surface area contributed by atoms with E-state index >= 15 is 0 Å². The molecular weight excluding hydrogens is 240 g/mol. The van der Waals surface area contributed by atoms with E-state index in [1.54, 1.807) is 0 Å². The first-order valence-electron chi connectivity index (χ1n) is 5.23. The number of hydrogen-bond donors (Lipinski definition) is 2. The number of anilines is 1. The second-order valence-corrected chi connectivity index (χ2v) is 4.04. The van der Waals surface area contributed by atoms with Crippen molar-refractivity contribution in [2.45, 2.75) is 6.42 Å². The first-order chi connectivity index (χ1) is 7.54. The van der Waals surface area contributed by atoms with Crippen molar-refractivity contribution in [3.8, 4) is 0 Å². The number of halogens is 1. The first kappa shape index (κ1) is 15.7. The van der Waals surface area contributed by atoms with Crippen LogP contribution >= 0.6 is 12.4 Å². The van der Waals surface area contributed by atoms with Gasteiger partial charge in [-0.1, -0.05) is 12.1 Å². The molecule has 0 heterocycles. The van der Waals surface area contributed by atoms with Gasteiger partial charge in [0.25, 0.3) is 0 Å². The fourth-order valence-corrected chi connectivity index (χ4v) is 1.49. The van der Waals surface area contributed by atoms with Crippen molar-refractivity contribution in [2.75, 3.05) is 25.5 Å². The van der Waals surface area contributed by atoms with Gasteiger partial charge in [-0.05, 0) is 24.1 Å². The zero-order chi connectivity index (χ0) is 12.1. The van der Waals surface area contributed by atoms with Gasteiger partial charge in [0.15, 0.2) is 0 Å². The Labute approximate surface area is 108 Å². The summed E-state index contributed by atoms with van der Waals surface area (Å²) in [6.45, 7) is 0.171. The zero-order valence-corrected chi connectivity index (χ0v) is 10.9. The Balaban J connectivity index is 0.00000256. The molecule has 0 aliphatic carbocycles. The van der Waals surface area contributed by atoms with E-state index in [1.165, 1.54) is 0 Å². The normalized spacial score (nSPS) is 11.5. The largest absolute Gasteiger partial charge is 0.481 e. The van der Waals surface area contributed by atoms with Crippen LogP contribution in [0.2, 0.25) is 0 Å². The van der Waals surface area contributed by atoms with E-state index < -0.39 is 11.9 Å². The molecule has 0 aliphatic rings. The Bertz CT molecular complexity index is 352. The van der Waals surface area contributed by atoms with Crippen LogP contribution in [-0.2, 0) is 11.2 Å². The Morgan fingerprint density at radius 1 is 1.35 bits per heavy atom. The van der Waals surface area contributed by atoms with Gasteiger partial charge in [0.1, 0.15) is 0 Å². The average molecular weight is 259 g/mol. The standard InChI is InChI=1S/C12H18N2O2.ClH/c1-14(2)11-5-3-9(4-6-11)7-10(8-13)12(15)16;/h3-6,10H,7-8,13H2,1-2H3,(H,15,16);1H/t10-;/m1./s1. The number of benzene rings is 1. The Hall–Kier alpha value is -1.26. The molecule has 17 heavy (non-hydrogen) atoms. The van der Waals surface area contributed by atoms with Crippen LogP contribution in [0.25, 0.3) is 0 Å². The van der Waals surface area contributed by atoms with Gasteiger partial charge >= 0.3 is 5.97 Å². The summed E-state index contributed by atoms with van der Waals surface area (Å²) in [6.07, 6.45) is 0.486. The lowest BCUT2D eigenvalue weighted by Gasteiger charge is -2.14. The number of carboxylic acids is 1. The Morgan fingerprint density at radius 3 is 2.24 bits per heavy atom. The smallest absolute Gasteiger partial charge is 0.308 e. The van der Waals surface area contributed by atoms with Crippen LogP contribution in [0.3, 0.4) is 0 Å². The monoisotopic (exact) mass is 258 g/mol. The minimum absolute atomic E-state index is 0. The van der Waals surface area contributed by atoms with Crippen molar-refractivity contribution >= 4 is 24.1 Å². The maximum Gasteiger partial charge on any atom is 0.308 e. The lowest BCUT2D eigenvalue weighted by molar-refractivity contribution is -0.141. The summed E-state index contributed by atoms with van der Waals surface area (Å²) in [5.74, 6) is -1.33. The van der Waals surface area contributed by atoms with Crippen molar-refractivity contribution in [2.24, 2.45) is 11.7 Å². The van der Waals surface area contributed by atoms with Gasteiger partial charge in [-0.15, -0.1) is 12.4 Å². The summed E-state index contributed by atoms with van der Waals surface area (Å²) in [4.78, 5) is 12.8. The van der Waals surface area contributed by atoms with Crippen molar-refractivity contribution < 1.29 is 9.90 Å². The van der Waals surface area contributed by atoms with Gasteiger partial charge in [-0.2, -0.15) is 0 Å². The molecule has 1 aromatic carbocycles. The van der Waals surface area contributed by atoms with Crippen LogP contribution in [0.15, 0.2) is 24.3 Å². The van der Waals surface area contributed by atoms with Gasteiger partial charge in [-0.3, -0.25) is 4.79 Å². The second-order valence-electron chi connectivity index (χ2n) is 4.04. The molecule has 1 rings (SSSR count).